The molecule has 0 saturated heterocycles. The van der Waals surface area contributed by atoms with Gasteiger partial charge in [0.15, 0.2) is 0 Å². The van der Waals surface area contributed by atoms with E-state index in [1.54, 1.807) is 11.3 Å². The molecule has 0 aliphatic heterocycles. The van der Waals surface area contributed by atoms with Crippen LogP contribution in [0, 0.1) is 12.8 Å². The van der Waals surface area contributed by atoms with Crippen molar-refractivity contribution in [3.05, 3.63) is 16.1 Å². The Morgan fingerprint density at radius 3 is 2.92 bits per heavy atom. The van der Waals surface area contributed by atoms with Crippen LogP contribution in [0.25, 0.3) is 0 Å². The minimum atomic E-state index is 0.772. The molecule has 0 radical (unpaired) electrons. The molecule has 1 unspecified atom stereocenters. The smallest absolute Gasteiger partial charge is 0.0897 e. The molecule has 1 N–H and O–H groups in total. The van der Waals surface area contributed by atoms with Gasteiger partial charge in [0, 0.05) is 17.6 Å². The fourth-order valence-electron chi connectivity index (χ4n) is 1.07. The van der Waals surface area contributed by atoms with Gasteiger partial charge in [-0.25, -0.2) is 4.98 Å². The van der Waals surface area contributed by atoms with Crippen LogP contribution in [0.5, 0.6) is 0 Å². The van der Waals surface area contributed by atoms with Crippen molar-refractivity contribution in [2.24, 2.45) is 5.92 Å². The van der Waals surface area contributed by atoms with E-state index in [9.17, 15) is 0 Å². The summed E-state index contributed by atoms with van der Waals surface area (Å²) in [5.74, 6) is 0.772. The number of aromatic nitrogens is 1. The molecule has 1 atom stereocenters. The fourth-order valence-corrected chi connectivity index (χ4v) is 1.84. The summed E-state index contributed by atoms with van der Waals surface area (Å²) in [7, 11) is 0. The first kappa shape index (κ1) is 10.7. The van der Waals surface area contributed by atoms with E-state index in [0.29, 0.717) is 0 Å². The van der Waals surface area contributed by atoms with E-state index in [2.05, 4.69) is 24.1 Å². The quantitative estimate of drug-likeness (QED) is 0.786. The Bertz CT molecular complexity index is 245. The average molecular weight is 198 g/mol. The summed E-state index contributed by atoms with van der Waals surface area (Å²) in [5, 5.41) is 4.59. The topological polar surface area (TPSA) is 24.9 Å². The van der Waals surface area contributed by atoms with Gasteiger partial charge in [0.1, 0.15) is 0 Å². The van der Waals surface area contributed by atoms with Crippen molar-refractivity contribution in [3.8, 4) is 0 Å². The number of thiazole rings is 1. The Kier molecular flexibility index (Phi) is 4.39. The third-order valence-electron chi connectivity index (χ3n) is 2.16. The molecule has 0 aliphatic rings. The first-order valence-electron chi connectivity index (χ1n) is 4.84. The van der Waals surface area contributed by atoms with Crippen molar-refractivity contribution in [3.63, 3.8) is 0 Å². The molecule has 13 heavy (non-hydrogen) atoms. The molecule has 0 amide bonds. The van der Waals surface area contributed by atoms with Gasteiger partial charge >= 0.3 is 0 Å². The van der Waals surface area contributed by atoms with Crippen LogP contribution in [0.1, 0.15) is 30.2 Å². The summed E-state index contributed by atoms with van der Waals surface area (Å²) < 4.78 is 0. The second-order valence-electron chi connectivity index (χ2n) is 3.49. The Balaban J connectivity index is 2.20. The molecule has 0 aromatic carbocycles. The highest BCUT2D eigenvalue weighted by molar-refractivity contribution is 7.11. The molecule has 0 spiro atoms. The Labute approximate surface area is 84.4 Å². The Morgan fingerprint density at radius 1 is 1.62 bits per heavy atom. The van der Waals surface area contributed by atoms with Crippen molar-refractivity contribution in [1.29, 1.82) is 0 Å². The largest absolute Gasteiger partial charge is 0.312 e. The molecule has 1 rings (SSSR count). The SMILES string of the molecule is CCC(C)CNCc1cnc(C)s1. The average Bonchev–Trinajstić information content (AvgIpc) is 2.51. The minimum absolute atomic E-state index is 0.772. The molecule has 2 nitrogen and oxygen atoms in total. The van der Waals surface area contributed by atoms with Gasteiger partial charge < -0.3 is 5.32 Å². The lowest BCUT2D eigenvalue weighted by molar-refractivity contribution is 0.501. The highest BCUT2D eigenvalue weighted by atomic mass is 32.1. The fraction of sp³-hybridized carbons (Fsp3) is 0.700. The standard InChI is InChI=1S/C10H18N2S/c1-4-8(2)5-11-6-10-7-12-9(3)13-10/h7-8,11H,4-6H2,1-3H3. The molecule has 0 fully saturated rings. The Morgan fingerprint density at radius 2 is 2.38 bits per heavy atom. The number of hydrogen-bond acceptors (Lipinski definition) is 3. The second-order valence-corrected chi connectivity index (χ2v) is 4.81. The molecule has 0 saturated carbocycles. The molecule has 0 bridgehead atoms. The van der Waals surface area contributed by atoms with Gasteiger partial charge in [0.05, 0.1) is 5.01 Å². The van der Waals surface area contributed by atoms with Gasteiger partial charge in [-0.3, -0.25) is 0 Å². The third kappa shape index (κ3) is 3.87. The van der Waals surface area contributed by atoms with Crippen LogP contribution >= 0.6 is 11.3 Å². The first-order valence-corrected chi connectivity index (χ1v) is 5.66. The maximum absolute atomic E-state index is 4.21. The monoisotopic (exact) mass is 198 g/mol. The van der Waals surface area contributed by atoms with Crippen molar-refractivity contribution in [2.75, 3.05) is 6.54 Å². The summed E-state index contributed by atoms with van der Waals surface area (Å²) in [5.41, 5.74) is 0. The van der Waals surface area contributed by atoms with Gasteiger partial charge in [0.2, 0.25) is 0 Å². The van der Waals surface area contributed by atoms with Gasteiger partial charge in [0.25, 0.3) is 0 Å². The zero-order valence-corrected chi connectivity index (χ0v) is 9.45. The molecule has 0 aliphatic carbocycles. The molecular weight excluding hydrogens is 180 g/mol. The van der Waals surface area contributed by atoms with Gasteiger partial charge in [-0.15, -0.1) is 11.3 Å². The zero-order chi connectivity index (χ0) is 9.68. The molecule has 1 aromatic heterocycles. The Hall–Kier alpha value is -0.410. The van der Waals surface area contributed by atoms with Crippen molar-refractivity contribution in [1.82, 2.24) is 10.3 Å². The summed E-state index contributed by atoms with van der Waals surface area (Å²) in [4.78, 5) is 5.55. The lowest BCUT2D eigenvalue weighted by Crippen LogP contribution is -2.19. The number of nitrogens with zero attached hydrogens (tertiary/aromatic N) is 1. The number of hydrogen-bond donors (Lipinski definition) is 1. The highest BCUT2D eigenvalue weighted by Crippen LogP contribution is 2.10. The van der Waals surface area contributed by atoms with E-state index in [4.69, 9.17) is 0 Å². The summed E-state index contributed by atoms with van der Waals surface area (Å²) in [6, 6.07) is 0. The van der Waals surface area contributed by atoms with Crippen LogP contribution in [-0.4, -0.2) is 11.5 Å². The van der Waals surface area contributed by atoms with Crippen LogP contribution in [0.4, 0.5) is 0 Å². The van der Waals surface area contributed by atoms with Crippen LogP contribution in [0.2, 0.25) is 0 Å². The summed E-state index contributed by atoms with van der Waals surface area (Å²) in [6.45, 7) is 8.61. The van der Waals surface area contributed by atoms with Crippen LogP contribution in [-0.2, 0) is 6.54 Å². The lowest BCUT2D eigenvalue weighted by Gasteiger charge is -2.08. The van der Waals surface area contributed by atoms with Crippen molar-refractivity contribution >= 4 is 11.3 Å². The molecular formula is C10H18N2S. The van der Waals surface area contributed by atoms with Gasteiger partial charge in [-0.1, -0.05) is 20.3 Å². The van der Waals surface area contributed by atoms with Crippen LogP contribution in [0.3, 0.4) is 0 Å². The van der Waals surface area contributed by atoms with Crippen molar-refractivity contribution in [2.45, 2.75) is 33.7 Å². The molecule has 3 heteroatoms. The van der Waals surface area contributed by atoms with E-state index < -0.39 is 0 Å². The summed E-state index contributed by atoms with van der Waals surface area (Å²) >= 11 is 1.77. The maximum atomic E-state index is 4.21. The lowest BCUT2D eigenvalue weighted by atomic mass is 10.1. The number of aryl methyl sites for hydroxylation is 1. The van der Waals surface area contributed by atoms with Gasteiger partial charge in [-0.2, -0.15) is 0 Å². The van der Waals surface area contributed by atoms with Crippen LogP contribution in [0.15, 0.2) is 6.20 Å². The van der Waals surface area contributed by atoms with Gasteiger partial charge in [-0.05, 0) is 19.4 Å². The normalized spacial score (nSPS) is 13.2. The number of nitrogens with one attached hydrogen (secondary N) is 1. The maximum Gasteiger partial charge on any atom is 0.0897 e. The highest BCUT2D eigenvalue weighted by Gasteiger charge is 2.00. The molecule has 1 aromatic rings. The first-order chi connectivity index (χ1) is 6.22. The predicted octanol–water partition coefficient (Wildman–Crippen LogP) is 2.59. The van der Waals surface area contributed by atoms with E-state index in [1.165, 1.54) is 11.3 Å². The van der Waals surface area contributed by atoms with E-state index in [-0.39, 0.29) is 0 Å². The summed E-state index contributed by atoms with van der Waals surface area (Å²) in [6.07, 6.45) is 3.21. The zero-order valence-electron chi connectivity index (χ0n) is 8.63. The van der Waals surface area contributed by atoms with E-state index in [1.807, 2.05) is 13.1 Å². The third-order valence-corrected chi connectivity index (χ3v) is 3.07. The molecule has 74 valence electrons. The molecule has 1 heterocycles. The predicted molar refractivity (Wildman–Crippen MR) is 58.0 cm³/mol. The minimum Gasteiger partial charge on any atom is -0.312 e. The number of rotatable bonds is 5. The van der Waals surface area contributed by atoms with E-state index >= 15 is 0 Å². The van der Waals surface area contributed by atoms with E-state index in [0.717, 1.165) is 24.0 Å². The van der Waals surface area contributed by atoms with Crippen LogP contribution < -0.4 is 5.32 Å². The second kappa shape index (κ2) is 5.35. The van der Waals surface area contributed by atoms with Crippen molar-refractivity contribution < 1.29 is 0 Å².